The number of hydrogen-bond acceptors (Lipinski definition) is 2. The highest BCUT2D eigenvalue weighted by molar-refractivity contribution is 5.88. The molecule has 4 nitrogen and oxygen atoms in total. The van der Waals surface area contributed by atoms with Crippen LogP contribution in [-0.4, -0.2) is 17.9 Å². The van der Waals surface area contributed by atoms with E-state index in [4.69, 9.17) is 0 Å². The maximum atomic E-state index is 12.0. The van der Waals surface area contributed by atoms with Gasteiger partial charge in [0.2, 0.25) is 11.8 Å². The molecule has 1 aromatic carbocycles. The molecule has 2 amide bonds. The SMILES string of the molecule is CC(=O)Nc1ccc(CC(=O)NC(C)CCCC(C)C)cc1. The lowest BCUT2D eigenvalue weighted by Crippen LogP contribution is -2.33. The number of benzene rings is 1. The zero-order chi connectivity index (χ0) is 16.5. The van der Waals surface area contributed by atoms with Gasteiger partial charge in [-0.05, 0) is 37.0 Å². The van der Waals surface area contributed by atoms with Crippen molar-refractivity contribution in [1.82, 2.24) is 5.32 Å². The highest BCUT2D eigenvalue weighted by Gasteiger charge is 2.08. The third-order valence-electron chi connectivity index (χ3n) is 3.46. The van der Waals surface area contributed by atoms with Crippen molar-refractivity contribution in [2.45, 2.75) is 59.4 Å². The first kappa shape index (κ1) is 18.2. The number of carbonyl (C=O) groups excluding carboxylic acids is 2. The van der Waals surface area contributed by atoms with Gasteiger partial charge in [0.1, 0.15) is 0 Å². The summed E-state index contributed by atoms with van der Waals surface area (Å²) >= 11 is 0. The van der Waals surface area contributed by atoms with E-state index in [1.165, 1.54) is 13.3 Å². The maximum absolute atomic E-state index is 12.0. The van der Waals surface area contributed by atoms with Gasteiger partial charge in [-0.3, -0.25) is 9.59 Å². The Balaban J connectivity index is 2.36. The average Bonchev–Trinajstić information content (AvgIpc) is 2.39. The molecule has 0 aliphatic carbocycles. The zero-order valence-electron chi connectivity index (χ0n) is 14.1. The highest BCUT2D eigenvalue weighted by atomic mass is 16.2. The standard InChI is InChI=1S/C18H28N2O2/c1-13(2)6-5-7-14(3)19-18(22)12-16-8-10-17(11-9-16)20-15(4)21/h8-11,13-14H,5-7,12H2,1-4H3,(H,19,22)(H,20,21). The molecule has 1 aromatic rings. The Labute approximate surface area is 133 Å². The van der Waals surface area contributed by atoms with E-state index in [1.807, 2.05) is 24.3 Å². The Hall–Kier alpha value is -1.84. The minimum absolute atomic E-state index is 0.0457. The Bertz CT molecular complexity index is 480. The molecule has 0 radical (unpaired) electrons. The minimum Gasteiger partial charge on any atom is -0.353 e. The minimum atomic E-state index is -0.0966. The molecule has 122 valence electrons. The van der Waals surface area contributed by atoms with Gasteiger partial charge < -0.3 is 10.6 Å². The van der Waals surface area contributed by atoms with Crippen molar-refractivity contribution in [1.29, 1.82) is 0 Å². The molecule has 1 atom stereocenters. The second-order valence-electron chi connectivity index (χ2n) is 6.35. The van der Waals surface area contributed by atoms with Crippen molar-refractivity contribution in [3.8, 4) is 0 Å². The summed E-state index contributed by atoms with van der Waals surface area (Å²) in [7, 11) is 0. The molecule has 22 heavy (non-hydrogen) atoms. The third kappa shape index (κ3) is 7.81. The van der Waals surface area contributed by atoms with Crippen LogP contribution in [0.3, 0.4) is 0 Å². The summed E-state index contributed by atoms with van der Waals surface area (Å²) in [6.07, 6.45) is 3.73. The van der Waals surface area contributed by atoms with Crippen LogP contribution >= 0.6 is 0 Å². The first-order valence-corrected chi connectivity index (χ1v) is 8.02. The summed E-state index contributed by atoms with van der Waals surface area (Å²) in [5.74, 6) is 0.662. The fraction of sp³-hybridized carbons (Fsp3) is 0.556. The molecule has 0 fully saturated rings. The van der Waals surface area contributed by atoms with E-state index in [-0.39, 0.29) is 17.9 Å². The number of carbonyl (C=O) groups is 2. The summed E-state index contributed by atoms with van der Waals surface area (Å²) < 4.78 is 0. The molecule has 0 aromatic heterocycles. The molecule has 0 bridgehead atoms. The first-order chi connectivity index (χ1) is 10.4. The second kappa shape index (κ2) is 9.23. The summed E-state index contributed by atoms with van der Waals surface area (Å²) in [5.41, 5.74) is 1.69. The Morgan fingerprint density at radius 3 is 2.23 bits per heavy atom. The Kier molecular flexibility index (Phi) is 7.64. The van der Waals surface area contributed by atoms with Crippen LogP contribution in [0.15, 0.2) is 24.3 Å². The monoisotopic (exact) mass is 304 g/mol. The van der Waals surface area contributed by atoms with Crippen molar-refractivity contribution >= 4 is 17.5 Å². The van der Waals surface area contributed by atoms with Crippen LogP contribution < -0.4 is 10.6 Å². The van der Waals surface area contributed by atoms with Crippen molar-refractivity contribution in [2.75, 3.05) is 5.32 Å². The molecule has 0 spiro atoms. The van der Waals surface area contributed by atoms with Crippen LogP contribution in [0.2, 0.25) is 0 Å². The van der Waals surface area contributed by atoms with Gasteiger partial charge in [0.05, 0.1) is 6.42 Å². The predicted molar refractivity (Wildman–Crippen MR) is 90.7 cm³/mol. The van der Waals surface area contributed by atoms with Gasteiger partial charge in [0.25, 0.3) is 0 Å². The fourth-order valence-corrected chi connectivity index (χ4v) is 2.32. The van der Waals surface area contributed by atoms with E-state index in [0.717, 1.165) is 24.1 Å². The first-order valence-electron chi connectivity index (χ1n) is 8.02. The molecule has 4 heteroatoms. The van der Waals surface area contributed by atoms with E-state index < -0.39 is 0 Å². The summed E-state index contributed by atoms with van der Waals surface area (Å²) in [6.45, 7) is 7.96. The van der Waals surface area contributed by atoms with Gasteiger partial charge in [-0.1, -0.05) is 38.8 Å². The second-order valence-corrected chi connectivity index (χ2v) is 6.35. The summed E-state index contributed by atoms with van der Waals surface area (Å²) in [5, 5.41) is 5.75. The van der Waals surface area contributed by atoms with Crippen LogP contribution in [0.5, 0.6) is 0 Å². The predicted octanol–water partition coefficient (Wildman–Crippen LogP) is 3.52. The van der Waals surface area contributed by atoms with Gasteiger partial charge in [0, 0.05) is 18.7 Å². The molecule has 1 rings (SSSR count). The number of anilines is 1. The van der Waals surface area contributed by atoms with E-state index >= 15 is 0 Å². The van der Waals surface area contributed by atoms with E-state index in [1.54, 1.807) is 0 Å². The van der Waals surface area contributed by atoms with Gasteiger partial charge in [-0.2, -0.15) is 0 Å². The lowest BCUT2D eigenvalue weighted by Gasteiger charge is -2.14. The molecule has 0 aliphatic heterocycles. The van der Waals surface area contributed by atoms with Gasteiger partial charge in [-0.25, -0.2) is 0 Å². The molecule has 0 saturated heterocycles. The van der Waals surface area contributed by atoms with Crippen LogP contribution in [0, 0.1) is 5.92 Å². The molecule has 0 aliphatic rings. The van der Waals surface area contributed by atoms with Crippen molar-refractivity contribution in [3.05, 3.63) is 29.8 Å². The van der Waals surface area contributed by atoms with E-state index in [0.29, 0.717) is 12.3 Å². The molecule has 1 unspecified atom stereocenters. The number of hydrogen-bond donors (Lipinski definition) is 2. The van der Waals surface area contributed by atoms with Crippen LogP contribution in [0.1, 0.15) is 52.5 Å². The molecule has 0 heterocycles. The molecular formula is C18H28N2O2. The number of nitrogens with one attached hydrogen (secondary N) is 2. The van der Waals surface area contributed by atoms with Gasteiger partial charge >= 0.3 is 0 Å². The molecular weight excluding hydrogens is 276 g/mol. The summed E-state index contributed by atoms with van der Waals surface area (Å²) in [4.78, 5) is 23.0. The summed E-state index contributed by atoms with van der Waals surface area (Å²) in [6, 6.07) is 7.58. The van der Waals surface area contributed by atoms with Crippen LogP contribution in [0.25, 0.3) is 0 Å². The maximum Gasteiger partial charge on any atom is 0.224 e. The van der Waals surface area contributed by atoms with Gasteiger partial charge in [0.15, 0.2) is 0 Å². The Morgan fingerprint density at radius 2 is 1.68 bits per heavy atom. The van der Waals surface area contributed by atoms with Crippen LogP contribution in [-0.2, 0) is 16.0 Å². The van der Waals surface area contributed by atoms with E-state index in [9.17, 15) is 9.59 Å². The molecule has 0 saturated carbocycles. The lowest BCUT2D eigenvalue weighted by atomic mass is 10.0. The van der Waals surface area contributed by atoms with Crippen molar-refractivity contribution in [2.24, 2.45) is 5.92 Å². The molecule has 2 N–H and O–H groups in total. The van der Waals surface area contributed by atoms with Crippen molar-refractivity contribution in [3.63, 3.8) is 0 Å². The number of amides is 2. The normalized spacial score (nSPS) is 12.0. The quantitative estimate of drug-likeness (QED) is 0.772. The van der Waals surface area contributed by atoms with E-state index in [2.05, 4.69) is 31.4 Å². The third-order valence-corrected chi connectivity index (χ3v) is 3.46. The largest absolute Gasteiger partial charge is 0.353 e. The average molecular weight is 304 g/mol. The van der Waals surface area contributed by atoms with Gasteiger partial charge in [-0.15, -0.1) is 0 Å². The van der Waals surface area contributed by atoms with Crippen molar-refractivity contribution < 1.29 is 9.59 Å². The smallest absolute Gasteiger partial charge is 0.224 e. The highest BCUT2D eigenvalue weighted by Crippen LogP contribution is 2.11. The number of rotatable bonds is 8. The lowest BCUT2D eigenvalue weighted by molar-refractivity contribution is -0.121. The fourth-order valence-electron chi connectivity index (χ4n) is 2.32. The Morgan fingerprint density at radius 1 is 1.05 bits per heavy atom. The van der Waals surface area contributed by atoms with Crippen LogP contribution in [0.4, 0.5) is 5.69 Å². The topological polar surface area (TPSA) is 58.2 Å². The zero-order valence-corrected chi connectivity index (χ0v) is 14.1.